The first-order chi connectivity index (χ1) is 5.74. The fourth-order valence-electron chi connectivity index (χ4n) is 1.06. The molecule has 0 radical (unpaired) electrons. The number of hydrogen-bond acceptors (Lipinski definition) is 3. The Balaban J connectivity index is 0.00000144. The number of aliphatic hydroxyl groups excluding tert-OH is 1. The molecule has 74 valence electrons. The van der Waals surface area contributed by atoms with E-state index in [1.54, 1.807) is 18.2 Å². The molecular formula is C9H14ClNO2. The molecule has 0 bridgehead atoms. The maximum absolute atomic E-state index is 9.11. The summed E-state index contributed by atoms with van der Waals surface area (Å²) in [6.45, 7) is 0.0663. The van der Waals surface area contributed by atoms with Gasteiger partial charge in [0.05, 0.1) is 0 Å². The maximum atomic E-state index is 9.11. The minimum atomic E-state index is -0.193. The molecule has 0 spiro atoms. The van der Waals surface area contributed by atoms with Crippen LogP contribution < -0.4 is 5.73 Å². The van der Waals surface area contributed by atoms with Crippen LogP contribution in [0.2, 0.25) is 0 Å². The molecule has 1 aromatic rings. The second kappa shape index (κ2) is 5.80. The van der Waals surface area contributed by atoms with Gasteiger partial charge in [-0.15, -0.1) is 12.4 Å². The molecule has 1 aromatic carbocycles. The fraction of sp³-hybridized carbons (Fsp3) is 0.333. The van der Waals surface area contributed by atoms with Crippen molar-refractivity contribution in [2.24, 2.45) is 5.73 Å². The van der Waals surface area contributed by atoms with E-state index in [4.69, 9.17) is 15.9 Å². The van der Waals surface area contributed by atoms with Crippen molar-refractivity contribution in [3.63, 3.8) is 0 Å². The van der Waals surface area contributed by atoms with Gasteiger partial charge < -0.3 is 15.9 Å². The Hall–Kier alpha value is -0.770. The van der Waals surface area contributed by atoms with Crippen LogP contribution in [0.15, 0.2) is 24.3 Å². The van der Waals surface area contributed by atoms with Crippen molar-refractivity contribution in [1.29, 1.82) is 0 Å². The van der Waals surface area contributed by atoms with Gasteiger partial charge in [0.15, 0.2) is 0 Å². The summed E-state index contributed by atoms with van der Waals surface area (Å²) in [5, 5.41) is 17.7. The van der Waals surface area contributed by atoms with Crippen LogP contribution in [0.4, 0.5) is 0 Å². The highest BCUT2D eigenvalue weighted by atomic mass is 35.5. The van der Waals surface area contributed by atoms with E-state index in [0.717, 1.165) is 5.56 Å². The van der Waals surface area contributed by atoms with E-state index in [-0.39, 0.29) is 30.8 Å². The Morgan fingerprint density at radius 2 is 2.08 bits per heavy atom. The standard InChI is InChI=1S/C9H13NO2.ClH/c10-9(4-5-11)7-2-1-3-8(12)6-7;/h1-3,6,9,11-12H,4-5,10H2;1H/t9-;/m0./s1. The fourth-order valence-corrected chi connectivity index (χ4v) is 1.06. The molecule has 0 heterocycles. The second-order valence-electron chi connectivity index (χ2n) is 2.71. The van der Waals surface area contributed by atoms with Gasteiger partial charge in [0.2, 0.25) is 0 Å². The van der Waals surface area contributed by atoms with E-state index in [2.05, 4.69) is 0 Å². The van der Waals surface area contributed by atoms with Crippen LogP contribution in [0.1, 0.15) is 18.0 Å². The third kappa shape index (κ3) is 3.63. The molecule has 0 aromatic heterocycles. The minimum Gasteiger partial charge on any atom is -0.508 e. The summed E-state index contributed by atoms with van der Waals surface area (Å²) in [5.74, 6) is 0.209. The molecule has 4 N–H and O–H groups in total. The number of benzene rings is 1. The van der Waals surface area contributed by atoms with Gasteiger partial charge in [-0.2, -0.15) is 0 Å². The van der Waals surface area contributed by atoms with E-state index in [9.17, 15) is 0 Å². The van der Waals surface area contributed by atoms with Gasteiger partial charge in [-0.3, -0.25) is 0 Å². The number of halogens is 1. The zero-order valence-electron chi connectivity index (χ0n) is 7.18. The van der Waals surface area contributed by atoms with E-state index < -0.39 is 0 Å². The molecule has 0 aliphatic carbocycles. The van der Waals surface area contributed by atoms with Crippen LogP contribution in [0.5, 0.6) is 5.75 Å². The molecule has 0 fully saturated rings. The average Bonchev–Trinajstić information content (AvgIpc) is 2.05. The van der Waals surface area contributed by atoms with E-state index in [1.165, 1.54) is 0 Å². The Bertz CT molecular complexity index is 255. The lowest BCUT2D eigenvalue weighted by atomic mass is 10.1. The molecule has 13 heavy (non-hydrogen) atoms. The first-order valence-corrected chi connectivity index (χ1v) is 3.89. The van der Waals surface area contributed by atoms with Crippen molar-refractivity contribution in [2.45, 2.75) is 12.5 Å². The van der Waals surface area contributed by atoms with Gasteiger partial charge in [0.25, 0.3) is 0 Å². The molecule has 0 saturated carbocycles. The quantitative estimate of drug-likeness (QED) is 0.692. The number of phenolic OH excluding ortho intramolecular Hbond substituents is 1. The van der Waals surface area contributed by atoms with Crippen molar-refractivity contribution in [3.8, 4) is 5.75 Å². The molecule has 3 nitrogen and oxygen atoms in total. The Kier molecular flexibility index (Phi) is 5.46. The lowest BCUT2D eigenvalue weighted by Crippen LogP contribution is -2.11. The number of aliphatic hydroxyl groups is 1. The van der Waals surface area contributed by atoms with Crippen LogP contribution in [-0.2, 0) is 0 Å². The predicted molar refractivity (Wildman–Crippen MR) is 54.0 cm³/mol. The summed E-state index contributed by atoms with van der Waals surface area (Å²) in [6.07, 6.45) is 0.517. The summed E-state index contributed by atoms with van der Waals surface area (Å²) in [6, 6.07) is 6.58. The third-order valence-corrected chi connectivity index (χ3v) is 1.74. The molecule has 0 aliphatic rings. The summed E-state index contributed by atoms with van der Waals surface area (Å²) < 4.78 is 0. The smallest absolute Gasteiger partial charge is 0.115 e. The van der Waals surface area contributed by atoms with Crippen LogP contribution in [0.25, 0.3) is 0 Å². The molecule has 0 unspecified atom stereocenters. The highest BCUT2D eigenvalue weighted by Crippen LogP contribution is 2.18. The number of phenols is 1. The Morgan fingerprint density at radius 1 is 1.38 bits per heavy atom. The molecule has 4 heteroatoms. The van der Waals surface area contributed by atoms with E-state index >= 15 is 0 Å². The zero-order chi connectivity index (χ0) is 8.97. The van der Waals surface area contributed by atoms with Gasteiger partial charge in [-0.05, 0) is 24.1 Å². The summed E-state index contributed by atoms with van der Waals surface area (Å²) >= 11 is 0. The lowest BCUT2D eigenvalue weighted by Gasteiger charge is -2.09. The zero-order valence-corrected chi connectivity index (χ0v) is 8.00. The topological polar surface area (TPSA) is 66.5 Å². The van der Waals surface area contributed by atoms with Gasteiger partial charge in [-0.1, -0.05) is 12.1 Å². The molecule has 1 atom stereocenters. The monoisotopic (exact) mass is 203 g/mol. The SMILES string of the molecule is Cl.N[C@@H](CCO)c1cccc(O)c1. The van der Waals surface area contributed by atoms with Crippen molar-refractivity contribution in [3.05, 3.63) is 29.8 Å². The number of hydrogen-bond donors (Lipinski definition) is 3. The van der Waals surface area contributed by atoms with Crippen molar-refractivity contribution >= 4 is 12.4 Å². The van der Waals surface area contributed by atoms with Crippen LogP contribution in [0, 0.1) is 0 Å². The molecular weight excluding hydrogens is 190 g/mol. The van der Waals surface area contributed by atoms with E-state index in [0.29, 0.717) is 6.42 Å². The highest BCUT2D eigenvalue weighted by molar-refractivity contribution is 5.85. The normalized spacial score (nSPS) is 11.8. The van der Waals surface area contributed by atoms with Gasteiger partial charge >= 0.3 is 0 Å². The van der Waals surface area contributed by atoms with Crippen LogP contribution >= 0.6 is 12.4 Å². The Morgan fingerprint density at radius 3 is 2.62 bits per heavy atom. The molecule has 1 rings (SSSR count). The van der Waals surface area contributed by atoms with E-state index in [1.807, 2.05) is 6.07 Å². The molecule has 0 aliphatic heterocycles. The number of nitrogens with two attached hydrogens (primary N) is 1. The summed E-state index contributed by atoms with van der Waals surface area (Å²) in [5.41, 5.74) is 6.55. The third-order valence-electron chi connectivity index (χ3n) is 1.74. The minimum absolute atomic E-state index is 0. The van der Waals surface area contributed by atoms with Crippen molar-refractivity contribution in [2.75, 3.05) is 6.61 Å². The number of rotatable bonds is 3. The number of aromatic hydroxyl groups is 1. The van der Waals surface area contributed by atoms with Crippen LogP contribution in [0.3, 0.4) is 0 Å². The molecule has 0 saturated heterocycles. The van der Waals surface area contributed by atoms with Gasteiger partial charge in [0.1, 0.15) is 5.75 Å². The van der Waals surface area contributed by atoms with Crippen LogP contribution in [-0.4, -0.2) is 16.8 Å². The first kappa shape index (κ1) is 12.2. The average molecular weight is 204 g/mol. The predicted octanol–water partition coefficient (Wildman–Crippen LogP) is 1.20. The summed E-state index contributed by atoms with van der Waals surface area (Å²) in [4.78, 5) is 0. The molecule has 0 amide bonds. The van der Waals surface area contributed by atoms with Gasteiger partial charge in [-0.25, -0.2) is 0 Å². The maximum Gasteiger partial charge on any atom is 0.115 e. The second-order valence-corrected chi connectivity index (χ2v) is 2.71. The Labute approximate surface area is 83.6 Å². The largest absolute Gasteiger partial charge is 0.508 e. The van der Waals surface area contributed by atoms with Crippen molar-refractivity contribution < 1.29 is 10.2 Å². The summed E-state index contributed by atoms with van der Waals surface area (Å²) in [7, 11) is 0. The first-order valence-electron chi connectivity index (χ1n) is 3.89. The van der Waals surface area contributed by atoms with Crippen molar-refractivity contribution in [1.82, 2.24) is 0 Å². The van der Waals surface area contributed by atoms with Gasteiger partial charge in [0, 0.05) is 12.6 Å². The lowest BCUT2D eigenvalue weighted by molar-refractivity contribution is 0.276. The highest BCUT2D eigenvalue weighted by Gasteiger charge is 2.04.